The van der Waals surface area contributed by atoms with Crippen molar-refractivity contribution in [1.29, 1.82) is 0 Å². The minimum Gasteiger partial charge on any atom is -0.462 e. The van der Waals surface area contributed by atoms with Crippen molar-refractivity contribution in [3.05, 3.63) is 77.0 Å². The summed E-state index contributed by atoms with van der Waals surface area (Å²) in [6.07, 6.45) is 5.20. The van der Waals surface area contributed by atoms with Crippen molar-refractivity contribution in [2.75, 3.05) is 11.9 Å². The molecule has 0 amide bonds. The number of anilines is 2. The molecular weight excluding hydrogens is 357 g/mol. The fourth-order valence-corrected chi connectivity index (χ4v) is 2.62. The van der Waals surface area contributed by atoms with Crippen LogP contribution in [0.5, 0.6) is 0 Å². The van der Waals surface area contributed by atoms with Crippen LogP contribution in [-0.2, 0) is 11.3 Å². The van der Waals surface area contributed by atoms with Crippen LogP contribution in [0, 0.1) is 5.82 Å². The van der Waals surface area contributed by atoms with Crippen LogP contribution < -0.4 is 5.32 Å². The predicted molar refractivity (Wildman–Crippen MR) is 98.4 cm³/mol. The molecule has 1 aromatic carbocycles. The van der Waals surface area contributed by atoms with E-state index in [1.807, 2.05) is 23.0 Å². The molecule has 0 saturated carbocycles. The first kappa shape index (κ1) is 17.9. The number of carbonyl (C=O) groups excluding carboxylic acids is 1. The lowest BCUT2D eigenvalue weighted by Gasteiger charge is -2.07. The quantitative estimate of drug-likeness (QED) is 0.639. The van der Waals surface area contributed by atoms with E-state index in [2.05, 4.69) is 10.3 Å². The monoisotopic (exact) mass is 373 g/mol. The number of nitrogens with one attached hydrogen (secondary N) is 1. The van der Waals surface area contributed by atoms with Crippen molar-refractivity contribution in [2.24, 2.45) is 0 Å². The first-order valence-electron chi connectivity index (χ1n) is 8.05. The minimum atomic E-state index is -0.459. The maximum Gasteiger partial charge on any atom is 0.339 e. The second kappa shape index (κ2) is 8.01. The van der Waals surface area contributed by atoms with Crippen LogP contribution in [0.3, 0.4) is 0 Å². The average Bonchev–Trinajstić information content (AvgIpc) is 3.06. The SMILES string of the molecule is CCOC(=O)c1cnc(Nc2ccn(Cc3ccc(F)cc3)c2)c(Cl)c1. The molecule has 2 heterocycles. The van der Waals surface area contributed by atoms with Gasteiger partial charge in [-0.3, -0.25) is 0 Å². The van der Waals surface area contributed by atoms with Crippen molar-refractivity contribution >= 4 is 29.1 Å². The number of carbonyl (C=O) groups is 1. The number of hydrogen-bond donors (Lipinski definition) is 1. The molecule has 26 heavy (non-hydrogen) atoms. The standard InChI is InChI=1S/C19H17ClFN3O2/c1-2-26-19(25)14-9-17(20)18(22-10-14)23-16-7-8-24(12-16)11-13-3-5-15(21)6-4-13/h3-10,12H,2,11H2,1H3,(H,22,23). The molecule has 0 aliphatic heterocycles. The lowest BCUT2D eigenvalue weighted by molar-refractivity contribution is 0.0526. The van der Waals surface area contributed by atoms with Crippen molar-refractivity contribution in [3.63, 3.8) is 0 Å². The Morgan fingerprint density at radius 2 is 2.08 bits per heavy atom. The largest absolute Gasteiger partial charge is 0.462 e. The normalized spacial score (nSPS) is 10.6. The fourth-order valence-electron chi connectivity index (χ4n) is 2.41. The molecule has 3 rings (SSSR count). The molecule has 0 aliphatic carbocycles. The summed E-state index contributed by atoms with van der Waals surface area (Å²) < 4.78 is 19.8. The number of aromatic nitrogens is 2. The van der Waals surface area contributed by atoms with Gasteiger partial charge in [0, 0.05) is 25.1 Å². The Balaban J connectivity index is 1.69. The highest BCUT2D eigenvalue weighted by molar-refractivity contribution is 6.33. The molecular formula is C19H17ClFN3O2. The predicted octanol–water partition coefficient (Wildman–Crippen LogP) is 4.64. The van der Waals surface area contributed by atoms with E-state index in [0.29, 0.717) is 22.9 Å². The lowest BCUT2D eigenvalue weighted by Crippen LogP contribution is -2.06. The fraction of sp³-hybridized carbons (Fsp3) is 0.158. The number of pyridine rings is 1. The number of hydrogen-bond acceptors (Lipinski definition) is 4. The number of benzene rings is 1. The van der Waals surface area contributed by atoms with Crippen LogP contribution >= 0.6 is 11.6 Å². The third-order valence-electron chi connectivity index (χ3n) is 3.64. The molecule has 0 unspecified atom stereocenters. The molecule has 0 atom stereocenters. The van der Waals surface area contributed by atoms with Gasteiger partial charge in [-0.1, -0.05) is 23.7 Å². The second-order valence-electron chi connectivity index (χ2n) is 5.60. The summed E-state index contributed by atoms with van der Waals surface area (Å²) in [6.45, 7) is 2.64. The number of halogens is 2. The summed E-state index contributed by atoms with van der Waals surface area (Å²) in [5, 5.41) is 3.43. The van der Waals surface area contributed by atoms with Crippen molar-refractivity contribution in [2.45, 2.75) is 13.5 Å². The van der Waals surface area contributed by atoms with Gasteiger partial charge in [0.05, 0.1) is 22.9 Å². The van der Waals surface area contributed by atoms with Crippen molar-refractivity contribution in [1.82, 2.24) is 9.55 Å². The molecule has 3 aromatic rings. The Labute approximate surface area is 155 Å². The van der Waals surface area contributed by atoms with Gasteiger partial charge >= 0.3 is 5.97 Å². The van der Waals surface area contributed by atoms with E-state index in [9.17, 15) is 9.18 Å². The minimum absolute atomic E-state index is 0.254. The smallest absolute Gasteiger partial charge is 0.339 e. The van der Waals surface area contributed by atoms with Gasteiger partial charge in [-0.05, 0) is 36.8 Å². The molecule has 0 fully saturated rings. The zero-order chi connectivity index (χ0) is 18.5. The summed E-state index contributed by atoms with van der Waals surface area (Å²) in [7, 11) is 0. The summed E-state index contributed by atoms with van der Waals surface area (Å²) in [5.41, 5.74) is 2.09. The van der Waals surface area contributed by atoms with E-state index in [0.717, 1.165) is 11.3 Å². The Bertz CT molecular complexity index is 909. The van der Waals surface area contributed by atoms with E-state index >= 15 is 0 Å². The maximum absolute atomic E-state index is 13.0. The maximum atomic E-state index is 13.0. The molecule has 1 N–H and O–H groups in total. The van der Waals surface area contributed by atoms with Crippen LogP contribution in [-0.4, -0.2) is 22.1 Å². The summed E-state index contributed by atoms with van der Waals surface area (Å²) >= 11 is 6.20. The van der Waals surface area contributed by atoms with Crippen LogP contribution in [0.4, 0.5) is 15.9 Å². The van der Waals surface area contributed by atoms with Gasteiger partial charge in [0.2, 0.25) is 0 Å². The van der Waals surface area contributed by atoms with Gasteiger partial charge in [-0.15, -0.1) is 0 Å². The zero-order valence-corrected chi connectivity index (χ0v) is 14.8. The highest BCUT2D eigenvalue weighted by Crippen LogP contribution is 2.24. The second-order valence-corrected chi connectivity index (χ2v) is 6.01. The van der Waals surface area contributed by atoms with Gasteiger partial charge in [0.25, 0.3) is 0 Å². The van der Waals surface area contributed by atoms with Crippen molar-refractivity contribution in [3.8, 4) is 0 Å². The Morgan fingerprint density at radius 3 is 2.77 bits per heavy atom. The average molecular weight is 374 g/mol. The van der Waals surface area contributed by atoms with E-state index in [1.165, 1.54) is 24.4 Å². The van der Waals surface area contributed by atoms with Crippen LogP contribution in [0.1, 0.15) is 22.8 Å². The summed E-state index contributed by atoms with van der Waals surface area (Å²) in [6, 6.07) is 9.76. The molecule has 0 saturated heterocycles. The third kappa shape index (κ3) is 4.40. The van der Waals surface area contributed by atoms with E-state index in [-0.39, 0.29) is 12.4 Å². The summed E-state index contributed by atoms with van der Waals surface area (Å²) in [5.74, 6) is -0.270. The Hall–Kier alpha value is -2.86. The number of ether oxygens (including phenoxy) is 1. The Morgan fingerprint density at radius 1 is 1.31 bits per heavy atom. The molecule has 7 heteroatoms. The first-order chi connectivity index (χ1) is 12.5. The zero-order valence-electron chi connectivity index (χ0n) is 14.1. The van der Waals surface area contributed by atoms with Gasteiger partial charge in [0.1, 0.15) is 11.6 Å². The van der Waals surface area contributed by atoms with E-state index in [4.69, 9.17) is 16.3 Å². The van der Waals surface area contributed by atoms with E-state index in [1.54, 1.807) is 19.1 Å². The summed E-state index contributed by atoms with van der Waals surface area (Å²) in [4.78, 5) is 15.9. The third-order valence-corrected chi connectivity index (χ3v) is 3.93. The lowest BCUT2D eigenvalue weighted by atomic mass is 10.2. The van der Waals surface area contributed by atoms with Crippen LogP contribution in [0.25, 0.3) is 0 Å². The topological polar surface area (TPSA) is 56.1 Å². The van der Waals surface area contributed by atoms with Crippen molar-refractivity contribution < 1.29 is 13.9 Å². The molecule has 5 nitrogen and oxygen atoms in total. The number of esters is 1. The molecule has 0 bridgehead atoms. The molecule has 0 spiro atoms. The number of rotatable bonds is 6. The molecule has 0 aliphatic rings. The van der Waals surface area contributed by atoms with Crippen LogP contribution in [0.2, 0.25) is 5.02 Å². The van der Waals surface area contributed by atoms with E-state index < -0.39 is 5.97 Å². The highest BCUT2D eigenvalue weighted by atomic mass is 35.5. The highest BCUT2D eigenvalue weighted by Gasteiger charge is 2.11. The molecule has 134 valence electrons. The van der Waals surface area contributed by atoms with Gasteiger partial charge in [0.15, 0.2) is 0 Å². The molecule has 2 aromatic heterocycles. The molecule has 0 radical (unpaired) electrons. The first-order valence-corrected chi connectivity index (χ1v) is 8.43. The number of nitrogens with zero attached hydrogens (tertiary/aromatic N) is 2. The van der Waals surface area contributed by atoms with Crippen LogP contribution in [0.15, 0.2) is 55.0 Å². The van der Waals surface area contributed by atoms with Gasteiger partial charge < -0.3 is 14.6 Å². The van der Waals surface area contributed by atoms with Gasteiger partial charge in [-0.25, -0.2) is 14.2 Å². The van der Waals surface area contributed by atoms with Gasteiger partial charge in [-0.2, -0.15) is 0 Å². The Kier molecular flexibility index (Phi) is 5.53.